The molecular weight excluding hydrogens is 236 g/mol. The summed E-state index contributed by atoms with van der Waals surface area (Å²) in [5, 5.41) is 6.60. The quantitative estimate of drug-likeness (QED) is 0.848. The van der Waals surface area contributed by atoms with Crippen molar-refractivity contribution in [3.63, 3.8) is 0 Å². The topological polar surface area (TPSA) is 41.1 Å². The molecule has 0 spiro atoms. The van der Waals surface area contributed by atoms with Gasteiger partial charge < -0.3 is 10.6 Å². The second kappa shape index (κ2) is 5.33. The van der Waals surface area contributed by atoms with Gasteiger partial charge in [-0.2, -0.15) is 0 Å². The number of amides is 1. The highest BCUT2D eigenvalue weighted by Crippen LogP contribution is 2.48. The molecular formula is C16H22N2O. The molecule has 3 nitrogen and oxygen atoms in total. The van der Waals surface area contributed by atoms with Crippen molar-refractivity contribution in [3.05, 3.63) is 35.9 Å². The fraction of sp³-hybridized carbons (Fsp3) is 0.562. The van der Waals surface area contributed by atoms with Crippen LogP contribution in [0, 0.1) is 0 Å². The summed E-state index contributed by atoms with van der Waals surface area (Å²) in [4.78, 5) is 12.4. The number of carbonyl (C=O) groups is 1. The monoisotopic (exact) mass is 258 g/mol. The normalized spacial score (nSPS) is 24.1. The van der Waals surface area contributed by atoms with Crippen LogP contribution in [-0.4, -0.2) is 25.0 Å². The third-order valence-corrected chi connectivity index (χ3v) is 4.45. The highest BCUT2D eigenvalue weighted by atomic mass is 16.2. The van der Waals surface area contributed by atoms with Crippen molar-refractivity contribution in [2.45, 2.75) is 43.6 Å². The summed E-state index contributed by atoms with van der Waals surface area (Å²) in [5.41, 5.74) is 0.955. The van der Waals surface area contributed by atoms with Crippen molar-refractivity contribution in [1.29, 1.82) is 0 Å². The van der Waals surface area contributed by atoms with Gasteiger partial charge in [0, 0.05) is 12.6 Å². The average Bonchev–Trinajstić information content (AvgIpc) is 3.11. The Morgan fingerprint density at radius 3 is 2.74 bits per heavy atom. The lowest BCUT2D eigenvalue weighted by Gasteiger charge is -2.17. The van der Waals surface area contributed by atoms with Crippen molar-refractivity contribution < 1.29 is 4.79 Å². The maximum absolute atomic E-state index is 12.4. The fourth-order valence-corrected chi connectivity index (χ4v) is 3.06. The summed E-state index contributed by atoms with van der Waals surface area (Å²) in [6, 6.07) is 10.8. The Labute approximate surface area is 114 Å². The zero-order chi connectivity index (χ0) is 13.1. The van der Waals surface area contributed by atoms with Crippen LogP contribution in [0.4, 0.5) is 0 Å². The van der Waals surface area contributed by atoms with E-state index in [0.29, 0.717) is 6.04 Å². The van der Waals surface area contributed by atoms with Crippen LogP contribution < -0.4 is 10.6 Å². The summed E-state index contributed by atoms with van der Waals surface area (Å²) in [6.07, 6.45) is 5.55. The van der Waals surface area contributed by atoms with E-state index in [-0.39, 0.29) is 11.3 Å². The molecule has 1 amide bonds. The van der Waals surface area contributed by atoms with Crippen molar-refractivity contribution in [2.24, 2.45) is 0 Å². The Bertz CT molecular complexity index is 433. The highest BCUT2D eigenvalue weighted by Gasteiger charge is 2.50. The van der Waals surface area contributed by atoms with Crippen LogP contribution in [-0.2, 0) is 10.2 Å². The minimum absolute atomic E-state index is 0.218. The predicted molar refractivity (Wildman–Crippen MR) is 76.0 cm³/mol. The standard InChI is InChI=1S/C16H22N2O/c19-15(18-12-8-14-7-4-11-17-14)16(9-10-16)13-5-2-1-3-6-13/h1-3,5-6,14,17H,4,7-12H2,(H,18,19). The molecule has 1 heterocycles. The Morgan fingerprint density at radius 2 is 2.11 bits per heavy atom. The molecule has 0 radical (unpaired) electrons. The molecule has 1 saturated heterocycles. The second-order valence-electron chi connectivity index (χ2n) is 5.79. The van der Waals surface area contributed by atoms with Gasteiger partial charge in [-0.15, -0.1) is 0 Å². The van der Waals surface area contributed by atoms with E-state index < -0.39 is 0 Å². The Kier molecular flexibility index (Phi) is 3.56. The molecule has 1 saturated carbocycles. The van der Waals surface area contributed by atoms with Crippen LogP contribution in [0.3, 0.4) is 0 Å². The molecule has 1 aliphatic heterocycles. The first-order valence-electron chi connectivity index (χ1n) is 7.38. The van der Waals surface area contributed by atoms with E-state index in [0.717, 1.165) is 32.4 Å². The Balaban J connectivity index is 1.52. The number of benzene rings is 1. The largest absolute Gasteiger partial charge is 0.355 e. The number of carbonyl (C=O) groups excluding carboxylic acids is 1. The first-order valence-corrected chi connectivity index (χ1v) is 7.38. The van der Waals surface area contributed by atoms with Crippen LogP contribution in [0.1, 0.15) is 37.7 Å². The molecule has 1 unspecified atom stereocenters. The van der Waals surface area contributed by atoms with Gasteiger partial charge in [0.1, 0.15) is 0 Å². The molecule has 2 N–H and O–H groups in total. The van der Waals surface area contributed by atoms with E-state index in [2.05, 4.69) is 22.8 Å². The molecule has 2 fully saturated rings. The smallest absolute Gasteiger partial charge is 0.230 e. The van der Waals surface area contributed by atoms with Crippen molar-refractivity contribution in [3.8, 4) is 0 Å². The van der Waals surface area contributed by atoms with Gasteiger partial charge in [-0.25, -0.2) is 0 Å². The maximum Gasteiger partial charge on any atom is 0.230 e. The van der Waals surface area contributed by atoms with Crippen LogP contribution in [0.5, 0.6) is 0 Å². The number of rotatable bonds is 5. The summed E-state index contributed by atoms with van der Waals surface area (Å²) in [5.74, 6) is 0.219. The van der Waals surface area contributed by atoms with E-state index in [1.165, 1.54) is 18.4 Å². The number of hydrogen-bond acceptors (Lipinski definition) is 2. The predicted octanol–water partition coefficient (Wildman–Crippen LogP) is 1.98. The van der Waals surface area contributed by atoms with Gasteiger partial charge in [0.15, 0.2) is 0 Å². The molecule has 2 aliphatic rings. The SMILES string of the molecule is O=C(NCCC1CCCN1)C1(c2ccccc2)CC1. The fourth-order valence-electron chi connectivity index (χ4n) is 3.06. The van der Waals surface area contributed by atoms with Gasteiger partial charge >= 0.3 is 0 Å². The zero-order valence-corrected chi connectivity index (χ0v) is 11.3. The molecule has 1 atom stereocenters. The minimum atomic E-state index is -0.218. The maximum atomic E-state index is 12.4. The molecule has 1 aromatic rings. The van der Waals surface area contributed by atoms with Crippen LogP contribution in [0.25, 0.3) is 0 Å². The van der Waals surface area contributed by atoms with Crippen LogP contribution in [0.15, 0.2) is 30.3 Å². The first-order chi connectivity index (χ1) is 9.31. The third kappa shape index (κ3) is 2.66. The van der Waals surface area contributed by atoms with Gasteiger partial charge in [0.25, 0.3) is 0 Å². The van der Waals surface area contributed by atoms with Gasteiger partial charge in [0.05, 0.1) is 5.41 Å². The molecule has 1 aliphatic carbocycles. The molecule has 0 bridgehead atoms. The van der Waals surface area contributed by atoms with E-state index in [1.807, 2.05) is 18.2 Å². The van der Waals surface area contributed by atoms with E-state index in [1.54, 1.807) is 0 Å². The van der Waals surface area contributed by atoms with Crippen molar-refractivity contribution >= 4 is 5.91 Å². The lowest BCUT2D eigenvalue weighted by atomic mass is 9.95. The molecule has 0 aromatic heterocycles. The van der Waals surface area contributed by atoms with Crippen LogP contribution >= 0.6 is 0 Å². The van der Waals surface area contributed by atoms with Gasteiger partial charge in [-0.3, -0.25) is 4.79 Å². The molecule has 19 heavy (non-hydrogen) atoms. The lowest BCUT2D eigenvalue weighted by molar-refractivity contribution is -0.123. The Morgan fingerprint density at radius 1 is 1.32 bits per heavy atom. The highest BCUT2D eigenvalue weighted by molar-refractivity contribution is 5.91. The molecule has 3 heteroatoms. The van der Waals surface area contributed by atoms with Crippen molar-refractivity contribution in [2.75, 3.05) is 13.1 Å². The third-order valence-electron chi connectivity index (χ3n) is 4.45. The van der Waals surface area contributed by atoms with E-state index in [9.17, 15) is 4.79 Å². The van der Waals surface area contributed by atoms with Crippen molar-refractivity contribution in [1.82, 2.24) is 10.6 Å². The van der Waals surface area contributed by atoms with Crippen LogP contribution in [0.2, 0.25) is 0 Å². The lowest BCUT2D eigenvalue weighted by Crippen LogP contribution is -2.37. The van der Waals surface area contributed by atoms with Gasteiger partial charge in [-0.1, -0.05) is 30.3 Å². The molecule has 1 aromatic carbocycles. The zero-order valence-electron chi connectivity index (χ0n) is 11.3. The summed E-state index contributed by atoms with van der Waals surface area (Å²) in [7, 11) is 0. The van der Waals surface area contributed by atoms with E-state index >= 15 is 0 Å². The summed E-state index contributed by atoms with van der Waals surface area (Å²) >= 11 is 0. The second-order valence-corrected chi connectivity index (χ2v) is 5.79. The van der Waals surface area contributed by atoms with E-state index in [4.69, 9.17) is 0 Å². The number of nitrogens with one attached hydrogen (secondary N) is 2. The molecule has 3 rings (SSSR count). The Hall–Kier alpha value is -1.35. The summed E-state index contributed by atoms with van der Waals surface area (Å²) in [6.45, 7) is 1.93. The number of hydrogen-bond donors (Lipinski definition) is 2. The van der Waals surface area contributed by atoms with Gasteiger partial charge in [0.2, 0.25) is 5.91 Å². The summed E-state index contributed by atoms with van der Waals surface area (Å²) < 4.78 is 0. The average molecular weight is 258 g/mol. The van der Waals surface area contributed by atoms with Gasteiger partial charge in [-0.05, 0) is 44.2 Å². The minimum Gasteiger partial charge on any atom is -0.355 e. The first kappa shape index (κ1) is 12.7. The molecule has 102 valence electrons.